The first-order valence-electron chi connectivity index (χ1n) is 6.26. The van der Waals surface area contributed by atoms with Crippen molar-refractivity contribution >= 4 is 27.4 Å². The molecule has 0 fully saturated rings. The van der Waals surface area contributed by atoms with Gasteiger partial charge in [0.2, 0.25) is 0 Å². The van der Waals surface area contributed by atoms with Gasteiger partial charge in [-0.15, -0.1) is 0 Å². The quantitative estimate of drug-likeness (QED) is 0.614. The van der Waals surface area contributed by atoms with Crippen LogP contribution in [0.25, 0.3) is 0 Å². The number of anilines is 1. The number of nitrogens with one attached hydrogen (secondary N) is 1. The van der Waals surface area contributed by atoms with Crippen LogP contribution in [-0.4, -0.2) is 40.5 Å². The van der Waals surface area contributed by atoms with Crippen LogP contribution in [0, 0.1) is 10.1 Å². The van der Waals surface area contributed by atoms with E-state index in [0.717, 1.165) is 19.6 Å². The van der Waals surface area contributed by atoms with Gasteiger partial charge in [-0.2, -0.15) is 0 Å². The van der Waals surface area contributed by atoms with Gasteiger partial charge in [0.25, 0.3) is 5.69 Å². The number of halogens is 1. The second kappa shape index (κ2) is 7.40. The van der Waals surface area contributed by atoms with Crippen LogP contribution in [0.15, 0.2) is 16.7 Å². The maximum absolute atomic E-state index is 10.6. The van der Waals surface area contributed by atoms with Crippen molar-refractivity contribution in [3.8, 4) is 0 Å². The fourth-order valence-electron chi connectivity index (χ4n) is 1.78. The van der Waals surface area contributed by atoms with Crippen molar-refractivity contribution in [2.24, 2.45) is 0 Å². The Morgan fingerprint density at radius 2 is 2.16 bits per heavy atom. The minimum atomic E-state index is -0.457. The Morgan fingerprint density at radius 3 is 2.63 bits per heavy atom. The molecular weight excluding hydrogens is 312 g/mol. The number of nitrogens with zero attached hydrogens (tertiary/aromatic N) is 3. The van der Waals surface area contributed by atoms with Gasteiger partial charge in [-0.05, 0) is 35.9 Å². The zero-order valence-electron chi connectivity index (χ0n) is 11.4. The molecule has 1 unspecified atom stereocenters. The second-order valence-corrected chi connectivity index (χ2v) is 5.17. The van der Waals surface area contributed by atoms with Gasteiger partial charge in [-0.1, -0.05) is 13.8 Å². The van der Waals surface area contributed by atoms with E-state index in [1.165, 1.54) is 12.3 Å². The number of pyridine rings is 1. The molecule has 1 N–H and O–H groups in total. The summed E-state index contributed by atoms with van der Waals surface area (Å²) in [5, 5.41) is 13.9. The molecule has 1 atom stereocenters. The molecule has 0 amide bonds. The van der Waals surface area contributed by atoms with E-state index in [1.807, 2.05) is 0 Å². The summed E-state index contributed by atoms with van der Waals surface area (Å²) in [4.78, 5) is 16.6. The number of rotatable bonds is 7. The lowest BCUT2D eigenvalue weighted by molar-refractivity contribution is -0.385. The van der Waals surface area contributed by atoms with Crippen LogP contribution in [-0.2, 0) is 0 Å². The standard InChI is InChI=1S/C12H19BrN4O2/c1-4-16(5-2)8-9(3)15-12-11(13)6-10(7-14-12)17(18)19/h6-7,9H,4-5,8H2,1-3H3,(H,14,15). The van der Waals surface area contributed by atoms with Crippen molar-refractivity contribution in [3.05, 3.63) is 26.9 Å². The fourth-order valence-corrected chi connectivity index (χ4v) is 2.23. The van der Waals surface area contributed by atoms with E-state index in [0.29, 0.717) is 10.3 Å². The minimum Gasteiger partial charge on any atom is -0.365 e. The molecule has 1 aromatic rings. The monoisotopic (exact) mass is 330 g/mol. The Bertz CT molecular complexity index is 438. The second-order valence-electron chi connectivity index (χ2n) is 4.31. The molecule has 7 heteroatoms. The Kier molecular flexibility index (Phi) is 6.17. The van der Waals surface area contributed by atoms with E-state index >= 15 is 0 Å². The number of nitro groups is 1. The normalized spacial score (nSPS) is 12.5. The zero-order valence-corrected chi connectivity index (χ0v) is 13.0. The average molecular weight is 331 g/mol. The van der Waals surface area contributed by atoms with Crippen molar-refractivity contribution in [1.29, 1.82) is 0 Å². The first-order chi connectivity index (χ1) is 8.97. The maximum atomic E-state index is 10.6. The highest BCUT2D eigenvalue weighted by Gasteiger charge is 2.13. The molecule has 0 aliphatic heterocycles. The van der Waals surface area contributed by atoms with Gasteiger partial charge in [-0.25, -0.2) is 4.98 Å². The summed E-state index contributed by atoms with van der Waals surface area (Å²) in [6.45, 7) is 9.20. The number of hydrogen-bond donors (Lipinski definition) is 1. The highest BCUT2D eigenvalue weighted by Crippen LogP contribution is 2.24. The van der Waals surface area contributed by atoms with Gasteiger partial charge in [-0.3, -0.25) is 10.1 Å². The molecule has 19 heavy (non-hydrogen) atoms. The Morgan fingerprint density at radius 1 is 1.53 bits per heavy atom. The van der Waals surface area contributed by atoms with E-state index in [2.05, 4.69) is 51.9 Å². The zero-order chi connectivity index (χ0) is 14.4. The highest BCUT2D eigenvalue weighted by molar-refractivity contribution is 9.10. The van der Waals surface area contributed by atoms with Crippen molar-refractivity contribution in [2.75, 3.05) is 25.0 Å². The number of likely N-dealkylation sites (N-methyl/N-ethyl adjacent to an activating group) is 1. The molecular formula is C12H19BrN4O2. The lowest BCUT2D eigenvalue weighted by Crippen LogP contribution is -2.35. The van der Waals surface area contributed by atoms with Crippen molar-refractivity contribution in [1.82, 2.24) is 9.88 Å². The van der Waals surface area contributed by atoms with Gasteiger partial charge in [0.1, 0.15) is 12.0 Å². The van der Waals surface area contributed by atoms with Crippen LogP contribution < -0.4 is 5.32 Å². The smallest absolute Gasteiger partial charge is 0.288 e. The predicted molar refractivity (Wildman–Crippen MR) is 79.5 cm³/mol. The Hall–Kier alpha value is -1.21. The SMILES string of the molecule is CCN(CC)CC(C)Nc1ncc([N+](=O)[O-])cc1Br. The van der Waals surface area contributed by atoms with Crippen LogP contribution in [0.4, 0.5) is 11.5 Å². The molecule has 0 spiro atoms. The molecule has 0 radical (unpaired) electrons. The molecule has 0 saturated heterocycles. The number of hydrogen-bond acceptors (Lipinski definition) is 5. The summed E-state index contributed by atoms with van der Waals surface area (Å²) in [7, 11) is 0. The van der Waals surface area contributed by atoms with Crippen LogP contribution >= 0.6 is 15.9 Å². The van der Waals surface area contributed by atoms with Crippen LogP contribution in [0.2, 0.25) is 0 Å². The molecule has 1 heterocycles. The van der Waals surface area contributed by atoms with Crippen molar-refractivity contribution in [3.63, 3.8) is 0 Å². The van der Waals surface area contributed by atoms with Crippen molar-refractivity contribution < 1.29 is 4.92 Å². The first kappa shape index (κ1) is 15.8. The maximum Gasteiger partial charge on any atom is 0.288 e. The number of aromatic nitrogens is 1. The molecule has 1 rings (SSSR count). The average Bonchev–Trinajstić information content (AvgIpc) is 2.38. The minimum absolute atomic E-state index is 0.0196. The van der Waals surface area contributed by atoms with E-state index in [9.17, 15) is 10.1 Å². The lowest BCUT2D eigenvalue weighted by Gasteiger charge is -2.24. The third-order valence-electron chi connectivity index (χ3n) is 2.85. The molecule has 0 aromatic carbocycles. The van der Waals surface area contributed by atoms with Gasteiger partial charge >= 0.3 is 0 Å². The van der Waals surface area contributed by atoms with E-state index in [1.54, 1.807) is 0 Å². The van der Waals surface area contributed by atoms with Gasteiger partial charge < -0.3 is 10.2 Å². The summed E-state index contributed by atoms with van der Waals surface area (Å²) < 4.78 is 0.605. The van der Waals surface area contributed by atoms with E-state index in [-0.39, 0.29) is 11.7 Å². The molecule has 1 aromatic heterocycles. The van der Waals surface area contributed by atoms with Gasteiger partial charge in [0.15, 0.2) is 0 Å². The molecule has 0 bridgehead atoms. The van der Waals surface area contributed by atoms with Gasteiger partial charge in [0, 0.05) is 18.7 Å². The van der Waals surface area contributed by atoms with E-state index < -0.39 is 4.92 Å². The molecule has 0 saturated carbocycles. The molecule has 106 valence electrons. The third-order valence-corrected chi connectivity index (χ3v) is 3.45. The van der Waals surface area contributed by atoms with Crippen molar-refractivity contribution in [2.45, 2.75) is 26.8 Å². The first-order valence-corrected chi connectivity index (χ1v) is 7.06. The highest BCUT2D eigenvalue weighted by atomic mass is 79.9. The Balaban J connectivity index is 2.69. The summed E-state index contributed by atoms with van der Waals surface area (Å²) in [5.74, 6) is 0.630. The van der Waals surface area contributed by atoms with E-state index in [4.69, 9.17) is 0 Å². The van der Waals surface area contributed by atoms with Crippen LogP contribution in [0.1, 0.15) is 20.8 Å². The largest absolute Gasteiger partial charge is 0.365 e. The summed E-state index contributed by atoms with van der Waals surface area (Å²) >= 11 is 3.30. The molecule has 0 aliphatic rings. The summed E-state index contributed by atoms with van der Waals surface area (Å²) in [6.07, 6.45) is 1.26. The lowest BCUT2D eigenvalue weighted by atomic mass is 10.3. The van der Waals surface area contributed by atoms with Gasteiger partial charge in [0.05, 0.1) is 9.40 Å². The fraction of sp³-hybridized carbons (Fsp3) is 0.583. The summed E-state index contributed by atoms with van der Waals surface area (Å²) in [6, 6.07) is 1.67. The van der Waals surface area contributed by atoms with Crippen LogP contribution in [0.5, 0.6) is 0 Å². The molecule has 6 nitrogen and oxygen atoms in total. The summed E-state index contributed by atoms with van der Waals surface area (Å²) in [5.41, 5.74) is -0.0196. The van der Waals surface area contributed by atoms with Crippen LogP contribution in [0.3, 0.4) is 0 Å². The molecule has 0 aliphatic carbocycles. The Labute approximate surface area is 121 Å². The predicted octanol–water partition coefficient (Wildman–Crippen LogP) is 2.89. The topological polar surface area (TPSA) is 71.3 Å². The third kappa shape index (κ3) is 4.76.